The van der Waals surface area contributed by atoms with Gasteiger partial charge in [0.2, 0.25) is 0 Å². The Bertz CT molecular complexity index is 512. The average Bonchev–Trinajstić information content (AvgIpc) is 2.42. The van der Waals surface area contributed by atoms with E-state index in [9.17, 15) is 9.59 Å². The third-order valence-corrected chi connectivity index (χ3v) is 4.66. The number of benzene rings is 1. The first kappa shape index (κ1) is 15.7. The van der Waals surface area contributed by atoms with Crippen LogP contribution in [0.2, 0.25) is 0 Å². The Labute approximate surface area is 128 Å². The van der Waals surface area contributed by atoms with Gasteiger partial charge in [0.1, 0.15) is 0 Å². The topological polar surface area (TPSA) is 78.4 Å². The molecule has 1 saturated carbocycles. The molecule has 0 heterocycles. The van der Waals surface area contributed by atoms with Gasteiger partial charge in [-0.05, 0) is 48.8 Å². The molecule has 0 saturated heterocycles. The van der Waals surface area contributed by atoms with E-state index >= 15 is 0 Å². The number of carboxylic acid groups (broad SMARTS) is 1. The number of anilines is 1. The Morgan fingerprint density at radius 2 is 1.95 bits per heavy atom. The van der Waals surface area contributed by atoms with Crippen molar-refractivity contribution in [3.63, 3.8) is 0 Å². The molecule has 0 aromatic heterocycles. The Balaban J connectivity index is 1.82. The van der Waals surface area contributed by atoms with Crippen molar-refractivity contribution in [2.24, 2.45) is 5.41 Å². The molecule has 114 valence electrons. The van der Waals surface area contributed by atoms with E-state index in [1.54, 1.807) is 11.8 Å². The van der Waals surface area contributed by atoms with Gasteiger partial charge in [-0.3, -0.25) is 4.79 Å². The van der Waals surface area contributed by atoms with Crippen LogP contribution in [0.3, 0.4) is 0 Å². The summed E-state index contributed by atoms with van der Waals surface area (Å²) in [6.45, 7) is 0.411. The molecule has 0 atom stereocenters. The normalized spacial score (nSPS) is 15.9. The molecule has 3 N–H and O–H groups in total. The monoisotopic (exact) mass is 308 g/mol. The number of hydrogen-bond acceptors (Lipinski definition) is 3. The SMILES string of the molecule is CSc1ccc(NC(=O)NCC2(CC(=O)O)CCC2)cc1. The predicted molar refractivity (Wildman–Crippen MR) is 83.8 cm³/mol. The number of carbonyl (C=O) groups excluding carboxylic acids is 1. The van der Waals surface area contributed by atoms with E-state index in [1.165, 1.54) is 0 Å². The van der Waals surface area contributed by atoms with Gasteiger partial charge in [-0.1, -0.05) is 6.42 Å². The molecule has 0 spiro atoms. The van der Waals surface area contributed by atoms with Gasteiger partial charge in [-0.2, -0.15) is 0 Å². The summed E-state index contributed by atoms with van der Waals surface area (Å²) >= 11 is 1.64. The maximum Gasteiger partial charge on any atom is 0.319 e. The molecule has 0 aliphatic heterocycles. The Kier molecular flexibility index (Phi) is 5.12. The van der Waals surface area contributed by atoms with E-state index in [2.05, 4.69) is 10.6 Å². The second-order valence-electron chi connectivity index (χ2n) is 5.46. The number of amides is 2. The van der Waals surface area contributed by atoms with E-state index < -0.39 is 5.97 Å². The van der Waals surface area contributed by atoms with Gasteiger partial charge < -0.3 is 15.7 Å². The van der Waals surface area contributed by atoms with Gasteiger partial charge in [0.25, 0.3) is 0 Å². The molecule has 1 aromatic rings. The number of aliphatic carboxylic acids is 1. The van der Waals surface area contributed by atoms with Crippen LogP contribution in [0.25, 0.3) is 0 Å². The van der Waals surface area contributed by atoms with Crippen LogP contribution in [0.15, 0.2) is 29.2 Å². The smallest absolute Gasteiger partial charge is 0.319 e. The van der Waals surface area contributed by atoms with Crippen LogP contribution in [0.4, 0.5) is 10.5 Å². The highest BCUT2D eigenvalue weighted by Gasteiger charge is 2.39. The summed E-state index contributed by atoms with van der Waals surface area (Å²) < 4.78 is 0. The average molecular weight is 308 g/mol. The number of hydrogen-bond donors (Lipinski definition) is 3. The minimum Gasteiger partial charge on any atom is -0.481 e. The number of nitrogens with one attached hydrogen (secondary N) is 2. The van der Waals surface area contributed by atoms with Crippen molar-refractivity contribution >= 4 is 29.4 Å². The van der Waals surface area contributed by atoms with E-state index in [4.69, 9.17) is 5.11 Å². The lowest BCUT2D eigenvalue weighted by Gasteiger charge is -2.40. The van der Waals surface area contributed by atoms with Crippen molar-refractivity contribution in [3.8, 4) is 0 Å². The summed E-state index contributed by atoms with van der Waals surface area (Å²) in [5.41, 5.74) is 0.470. The number of rotatable bonds is 6. The van der Waals surface area contributed by atoms with Crippen molar-refractivity contribution in [2.45, 2.75) is 30.6 Å². The van der Waals surface area contributed by atoms with Crippen molar-refractivity contribution in [1.82, 2.24) is 5.32 Å². The van der Waals surface area contributed by atoms with Crippen molar-refractivity contribution in [2.75, 3.05) is 18.1 Å². The zero-order chi connectivity index (χ0) is 15.3. The van der Waals surface area contributed by atoms with Gasteiger partial charge in [0, 0.05) is 17.1 Å². The fraction of sp³-hybridized carbons (Fsp3) is 0.467. The molecule has 0 unspecified atom stereocenters. The summed E-state index contributed by atoms with van der Waals surface area (Å²) in [6, 6.07) is 7.29. The molecule has 5 nitrogen and oxygen atoms in total. The number of thioether (sulfide) groups is 1. The molecule has 1 aromatic carbocycles. The van der Waals surface area contributed by atoms with Crippen LogP contribution in [-0.2, 0) is 4.79 Å². The first-order chi connectivity index (χ1) is 10.0. The van der Waals surface area contributed by atoms with E-state index in [-0.39, 0.29) is 17.9 Å². The molecule has 0 radical (unpaired) electrons. The summed E-state index contributed by atoms with van der Waals surface area (Å²) in [5.74, 6) is -0.801. The molecule has 1 aliphatic carbocycles. The minimum atomic E-state index is -0.801. The van der Waals surface area contributed by atoms with Gasteiger partial charge in [-0.15, -0.1) is 11.8 Å². The summed E-state index contributed by atoms with van der Waals surface area (Å²) in [7, 11) is 0. The van der Waals surface area contributed by atoms with E-state index in [1.807, 2.05) is 30.5 Å². The lowest BCUT2D eigenvalue weighted by atomic mass is 9.66. The zero-order valence-electron chi connectivity index (χ0n) is 12.0. The minimum absolute atomic E-state index is 0.121. The van der Waals surface area contributed by atoms with Crippen LogP contribution in [-0.4, -0.2) is 29.9 Å². The van der Waals surface area contributed by atoms with Crippen molar-refractivity contribution in [1.29, 1.82) is 0 Å². The molecule has 1 fully saturated rings. The fourth-order valence-corrected chi connectivity index (χ4v) is 2.94. The molecule has 2 amide bonds. The number of urea groups is 1. The van der Waals surface area contributed by atoms with Gasteiger partial charge in [0.15, 0.2) is 0 Å². The standard InChI is InChI=1S/C15H20N2O3S/c1-21-12-5-3-11(4-6-12)17-14(20)16-10-15(7-2-8-15)9-13(18)19/h3-6H,2,7-10H2,1H3,(H,18,19)(H2,16,17,20). The summed E-state index contributed by atoms with van der Waals surface area (Å²) in [6.07, 6.45) is 4.88. The maximum atomic E-state index is 11.9. The second-order valence-corrected chi connectivity index (χ2v) is 6.34. The van der Waals surface area contributed by atoms with E-state index in [0.29, 0.717) is 6.54 Å². The molecule has 2 rings (SSSR count). The molecule has 1 aliphatic rings. The molecule has 0 bridgehead atoms. The van der Waals surface area contributed by atoms with Gasteiger partial charge in [0.05, 0.1) is 6.42 Å². The summed E-state index contributed by atoms with van der Waals surface area (Å²) in [5, 5.41) is 14.5. The highest BCUT2D eigenvalue weighted by atomic mass is 32.2. The quantitative estimate of drug-likeness (QED) is 0.705. The van der Waals surface area contributed by atoms with Gasteiger partial charge >= 0.3 is 12.0 Å². The lowest BCUT2D eigenvalue weighted by Crippen LogP contribution is -2.44. The van der Waals surface area contributed by atoms with E-state index in [0.717, 1.165) is 29.8 Å². The molecule has 6 heteroatoms. The Hall–Kier alpha value is -1.69. The Morgan fingerprint density at radius 1 is 1.29 bits per heavy atom. The van der Waals surface area contributed by atoms with Crippen LogP contribution in [0, 0.1) is 5.41 Å². The first-order valence-electron chi connectivity index (χ1n) is 6.94. The molecule has 21 heavy (non-hydrogen) atoms. The molecular formula is C15H20N2O3S. The largest absolute Gasteiger partial charge is 0.481 e. The fourth-order valence-electron chi connectivity index (χ4n) is 2.53. The van der Waals surface area contributed by atoms with Gasteiger partial charge in [-0.25, -0.2) is 4.79 Å². The van der Waals surface area contributed by atoms with Crippen LogP contribution < -0.4 is 10.6 Å². The van der Waals surface area contributed by atoms with Crippen molar-refractivity contribution < 1.29 is 14.7 Å². The Morgan fingerprint density at radius 3 is 2.43 bits per heavy atom. The first-order valence-corrected chi connectivity index (χ1v) is 8.16. The molecular weight excluding hydrogens is 288 g/mol. The van der Waals surface area contributed by atoms with Crippen LogP contribution >= 0.6 is 11.8 Å². The number of carboxylic acids is 1. The maximum absolute atomic E-state index is 11.9. The second kappa shape index (κ2) is 6.85. The third kappa shape index (κ3) is 4.39. The third-order valence-electron chi connectivity index (χ3n) is 3.91. The predicted octanol–water partition coefficient (Wildman–Crippen LogP) is 3.18. The van der Waals surface area contributed by atoms with Crippen LogP contribution in [0.1, 0.15) is 25.7 Å². The highest BCUT2D eigenvalue weighted by molar-refractivity contribution is 7.98. The number of carbonyl (C=O) groups is 2. The van der Waals surface area contributed by atoms with Crippen LogP contribution in [0.5, 0.6) is 0 Å². The van der Waals surface area contributed by atoms with Crippen molar-refractivity contribution in [3.05, 3.63) is 24.3 Å². The zero-order valence-corrected chi connectivity index (χ0v) is 12.8. The highest BCUT2D eigenvalue weighted by Crippen LogP contribution is 2.43. The lowest BCUT2D eigenvalue weighted by molar-refractivity contribution is -0.141. The summed E-state index contributed by atoms with van der Waals surface area (Å²) in [4.78, 5) is 23.9.